The molecule has 0 spiro atoms. The van der Waals surface area contributed by atoms with Crippen LogP contribution in [0.5, 0.6) is 11.5 Å². The molecule has 1 atom stereocenters. The molecular formula is C15H21N2O4+. The molecule has 6 heteroatoms. The third-order valence-electron chi connectivity index (χ3n) is 3.40. The molecule has 114 valence electrons. The van der Waals surface area contributed by atoms with Gasteiger partial charge in [-0.05, 0) is 12.5 Å². The van der Waals surface area contributed by atoms with E-state index in [9.17, 15) is 9.70 Å². The quantitative estimate of drug-likeness (QED) is 0.784. The Balaban J connectivity index is 1.84. The maximum absolute atomic E-state index is 12.1. The van der Waals surface area contributed by atoms with Gasteiger partial charge in [0.25, 0.3) is 0 Å². The highest BCUT2D eigenvalue weighted by atomic mass is 16.5. The SMILES string of the molecule is CCCCC(=O)NCCC1Oc2cc(OC)ccc2[N+]1=O. The molecule has 21 heavy (non-hydrogen) atoms. The van der Waals surface area contributed by atoms with Crippen LogP contribution >= 0.6 is 0 Å². The smallest absolute Gasteiger partial charge is 0.352 e. The van der Waals surface area contributed by atoms with Gasteiger partial charge in [0.1, 0.15) is 5.75 Å². The van der Waals surface area contributed by atoms with Crippen LogP contribution in [0, 0.1) is 4.91 Å². The molecule has 0 fully saturated rings. The average Bonchev–Trinajstić information content (AvgIpc) is 2.81. The van der Waals surface area contributed by atoms with Crippen molar-refractivity contribution in [2.24, 2.45) is 0 Å². The molecule has 1 unspecified atom stereocenters. The van der Waals surface area contributed by atoms with E-state index in [1.165, 1.54) is 0 Å². The number of nitrogens with one attached hydrogen (secondary N) is 1. The van der Waals surface area contributed by atoms with Crippen LogP contribution in [0.3, 0.4) is 0 Å². The van der Waals surface area contributed by atoms with Gasteiger partial charge >= 0.3 is 11.9 Å². The van der Waals surface area contributed by atoms with E-state index in [2.05, 4.69) is 5.32 Å². The number of nitroso groups, excluding NO2 is 1. The van der Waals surface area contributed by atoms with Crippen LogP contribution in [-0.4, -0.2) is 30.5 Å². The summed E-state index contributed by atoms with van der Waals surface area (Å²) >= 11 is 0. The number of rotatable bonds is 7. The number of amides is 1. The first-order valence-electron chi connectivity index (χ1n) is 7.23. The van der Waals surface area contributed by atoms with Crippen LogP contribution in [0.2, 0.25) is 0 Å². The van der Waals surface area contributed by atoms with E-state index < -0.39 is 6.23 Å². The summed E-state index contributed by atoms with van der Waals surface area (Å²) in [5.41, 5.74) is 0.498. The van der Waals surface area contributed by atoms with E-state index in [4.69, 9.17) is 9.47 Å². The summed E-state index contributed by atoms with van der Waals surface area (Å²) in [6.07, 6.45) is 2.24. The van der Waals surface area contributed by atoms with Crippen LogP contribution in [-0.2, 0) is 4.79 Å². The van der Waals surface area contributed by atoms with Gasteiger partial charge in [0.05, 0.1) is 18.3 Å². The number of hydrogen-bond donors (Lipinski definition) is 1. The number of carbonyl (C=O) groups is 1. The first-order chi connectivity index (χ1) is 10.2. The first kappa shape index (κ1) is 15.3. The standard InChI is InChI=1S/C15H20N2O4/c1-3-4-5-14(18)16-9-8-15-17(19)12-7-6-11(20-2)10-13(12)21-15/h6-7,10,15H,3-5,8-9H2,1-2H3/p+1. The van der Waals surface area contributed by atoms with Crippen molar-refractivity contribution in [1.82, 2.24) is 5.32 Å². The van der Waals surface area contributed by atoms with Crippen molar-refractivity contribution in [3.63, 3.8) is 0 Å². The van der Waals surface area contributed by atoms with Crippen LogP contribution < -0.4 is 14.8 Å². The normalized spacial score (nSPS) is 16.3. The molecule has 0 radical (unpaired) electrons. The fourth-order valence-corrected chi connectivity index (χ4v) is 2.18. The molecule has 0 saturated carbocycles. The molecule has 1 aliphatic rings. The largest absolute Gasteiger partial charge is 0.497 e. The zero-order valence-electron chi connectivity index (χ0n) is 12.4. The number of benzene rings is 1. The Morgan fingerprint density at radius 2 is 2.29 bits per heavy atom. The van der Waals surface area contributed by atoms with E-state index in [0.29, 0.717) is 36.6 Å². The monoisotopic (exact) mass is 293 g/mol. The van der Waals surface area contributed by atoms with Gasteiger partial charge < -0.3 is 14.8 Å². The highest BCUT2D eigenvalue weighted by Gasteiger charge is 2.40. The zero-order valence-corrected chi connectivity index (χ0v) is 12.4. The molecule has 0 bridgehead atoms. The summed E-state index contributed by atoms with van der Waals surface area (Å²) in [4.78, 5) is 23.6. The highest BCUT2D eigenvalue weighted by Crippen LogP contribution is 2.38. The van der Waals surface area contributed by atoms with E-state index in [-0.39, 0.29) is 5.91 Å². The fraction of sp³-hybridized carbons (Fsp3) is 0.533. The van der Waals surface area contributed by atoms with E-state index in [1.807, 2.05) is 6.92 Å². The second-order valence-corrected chi connectivity index (χ2v) is 4.97. The lowest BCUT2D eigenvalue weighted by Crippen LogP contribution is -2.30. The van der Waals surface area contributed by atoms with Gasteiger partial charge in [-0.25, -0.2) is 0 Å². The van der Waals surface area contributed by atoms with Crippen LogP contribution in [0.4, 0.5) is 5.69 Å². The van der Waals surface area contributed by atoms with Gasteiger partial charge in [-0.3, -0.25) is 4.79 Å². The number of hydrogen-bond acceptors (Lipinski definition) is 4. The van der Waals surface area contributed by atoms with Crippen molar-refractivity contribution < 1.29 is 19.0 Å². The predicted octanol–water partition coefficient (Wildman–Crippen LogP) is 2.52. The fourth-order valence-electron chi connectivity index (χ4n) is 2.18. The average molecular weight is 293 g/mol. The minimum absolute atomic E-state index is 0.0199. The van der Waals surface area contributed by atoms with Gasteiger partial charge in [-0.1, -0.05) is 13.3 Å². The molecule has 1 amide bonds. The van der Waals surface area contributed by atoms with Crippen molar-refractivity contribution in [2.45, 2.75) is 38.8 Å². The summed E-state index contributed by atoms with van der Waals surface area (Å²) in [5.74, 6) is 1.19. The van der Waals surface area contributed by atoms with Crippen molar-refractivity contribution in [1.29, 1.82) is 0 Å². The second-order valence-electron chi connectivity index (χ2n) is 4.97. The molecule has 1 aliphatic heterocycles. The summed E-state index contributed by atoms with van der Waals surface area (Å²) in [7, 11) is 1.56. The Hall–Kier alpha value is -2.11. The molecule has 1 heterocycles. The molecule has 0 aromatic heterocycles. The second kappa shape index (κ2) is 7.06. The molecule has 1 aromatic carbocycles. The van der Waals surface area contributed by atoms with Gasteiger partial charge in [0.2, 0.25) is 11.7 Å². The third-order valence-corrected chi connectivity index (χ3v) is 3.40. The molecule has 1 N–H and O–H groups in total. The molecule has 6 nitrogen and oxygen atoms in total. The number of carbonyl (C=O) groups excluding carboxylic acids is 1. The van der Waals surface area contributed by atoms with Crippen LogP contribution in [0.15, 0.2) is 18.2 Å². The Morgan fingerprint density at radius 1 is 1.48 bits per heavy atom. The Kier molecular flexibility index (Phi) is 5.14. The van der Waals surface area contributed by atoms with E-state index in [0.717, 1.165) is 17.6 Å². The third kappa shape index (κ3) is 3.71. The highest BCUT2D eigenvalue weighted by molar-refractivity contribution is 5.75. The summed E-state index contributed by atoms with van der Waals surface area (Å²) < 4.78 is 11.5. The Bertz CT molecular complexity index is 530. The minimum atomic E-state index is -0.599. The van der Waals surface area contributed by atoms with Crippen LogP contribution in [0.25, 0.3) is 0 Å². The lowest BCUT2D eigenvalue weighted by atomic mass is 10.2. The lowest BCUT2D eigenvalue weighted by Gasteiger charge is -2.05. The molecule has 2 rings (SSSR count). The van der Waals surface area contributed by atoms with Crippen molar-refractivity contribution >= 4 is 11.6 Å². The lowest BCUT2D eigenvalue weighted by molar-refractivity contribution is -0.529. The number of nitrogens with zero attached hydrogens (tertiary/aromatic N) is 1. The molecule has 0 saturated heterocycles. The van der Waals surface area contributed by atoms with Gasteiger partial charge in [-0.15, -0.1) is 0 Å². The minimum Gasteiger partial charge on any atom is -0.497 e. The number of methoxy groups -OCH3 is 1. The van der Waals surface area contributed by atoms with Gasteiger partial charge in [0.15, 0.2) is 0 Å². The molecule has 0 aliphatic carbocycles. The van der Waals surface area contributed by atoms with E-state index >= 15 is 0 Å². The number of ether oxygens (including phenoxy) is 2. The zero-order chi connectivity index (χ0) is 15.2. The van der Waals surface area contributed by atoms with Crippen molar-refractivity contribution in [3.05, 3.63) is 23.1 Å². The Labute approximate surface area is 124 Å². The molecule has 1 aromatic rings. The van der Waals surface area contributed by atoms with Gasteiger partial charge in [-0.2, -0.15) is 0 Å². The van der Waals surface area contributed by atoms with Crippen LogP contribution in [0.1, 0.15) is 32.6 Å². The number of fused-ring (bicyclic) bond motifs is 1. The first-order valence-corrected chi connectivity index (χ1v) is 7.23. The topological polar surface area (TPSA) is 67.6 Å². The van der Waals surface area contributed by atoms with Gasteiger partial charge in [0, 0.05) is 30.0 Å². The maximum Gasteiger partial charge on any atom is 0.352 e. The summed E-state index contributed by atoms with van der Waals surface area (Å²) in [6, 6.07) is 5.10. The predicted molar refractivity (Wildman–Crippen MR) is 77.8 cm³/mol. The van der Waals surface area contributed by atoms with Crippen molar-refractivity contribution in [3.8, 4) is 11.5 Å². The Morgan fingerprint density at radius 3 is 3.00 bits per heavy atom. The molecular weight excluding hydrogens is 272 g/mol. The number of unbranched alkanes of at least 4 members (excludes halogenated alkanes) is 1. The summed E-state index contributed by atoms with van der Waals surface area (Å²) in [5, 5.41) is 2.81. The van der Waals surface area contributed by atoms with Crippen molar-refractivity contribution in [2.75, 3.05) is 13.7 Å². The maximum atomic E-state index is 12.1. The summed E-state index contributed by atoms with van der Waals surface area (Å²) in [6.45, 7) is 2.47. The van der Waals surface area contributed by atoms with E-state index in [1.54, 1.807) is 25.3 Å².